The van der Waals surface area contributed by atoms with Crippen LogP contribution in [0.25, 0.3) is 0 Å². The Labute approximate surface area is 114 Å². The quantitative estimate of drug-likeness (QED) is 0.683. The lowest BCUT2D eigenvalue weighted by molar-refractivity contribution is 0.0221. The van der Waals surface area contributed by atoms with Gasteiger partial charge in [0.15, 0.2) is 0 Å². The van der Waals surface area contributed by atoms with E-state index in [1.54, 1.807) is 0 Å². The number of nitrogens with zero attached hydrogens (tertiary/aromatic N) is 1. The fourth-order valence-electron chi connectivity index (χ4n) is 2.89. The first-order valence-corrected chi connectivity index (χ1v) is 8.86. The standard InChI is InChI=1S/C14H30NO2P/c1-8-13-14(9-12(6)16-13)17-18(7)15(10(2)3)11(4)5/h10-14H,8-9H2,1-7H3/t12-,13+,14?,18?/m0/s1. The lowest BCUT2D eigenvalue weighted by atomic mass is 10.1. The summed E-state index contributed by atoms with van der Waals surface area (Å²) in [6.45, 7) is 15.5. The SMILES string of the molecule is CC[C@H]1O[C@@H](C)CC1OP(C)N(C(C)C)C(C)C. The van der Waals surface area contributed by atoms with Gasteiger partial charge in [0.2, 0.25) is 0 Å². The summed E-state index contributed by atoms with van der Waals surface area (Å²) in [6.07, 6.45) is 2.98. The van der Waals surface area contributed by atoms with Crippen LogP contribution in [0.2, 0.25) is 0 Å². The highest BCUT2D eigenvalue weighted by Crippen LogP contribution is 2.45. The summed E-state index contributed by atoms with van der Waals surface area (Å²) in [5.74, 6) is 0. The summed E-state index contributed by atoms with van der Waals surface area (Å²) in [4.78, 5) is 0. The van der Waals surface area contributed by atoms with E-state index in [0.29, 0.717) is 18.2 Å². The lowest BCUT2D eigenvalue weighted by Crippen LogP contribution is -2.34. The molecule has 108 valence electrons. The Balaban J connectivity index is 2.59. The van der Waals surface area contributed by atoms with Crippen molar-refractivity contribution in [3.05, 3.63) is 0 Å². The van der Waals surface area contributed by atoms with Crippen LogP contribution in [0.4, 0.5) is 0 Å². The fraction of sp³-hybridized carbons (Fsp3) is 1.00. The second-order valence-corrected chi connectivity index (χ2v) is 7.41. The zero-order valence-electron chi connectivity index (χ0n) is 13.0. The maximum atomic E-state index is 6.34. The van der Waals surface area contributed by atoms with Gasteiger partial charge in [-0.05, 0) is 47.7 Å². The summed E-state index contributed by atoms with van der Waals surface area (Å²) in [5, 5.41) is 0. The molecule has 1 rings (SSSR count). The zero-order chi connectivity index (χ0) is 13.9. The molecule has 1 aliphatic rings. The highest BCUT2D eigenvalue weighted by molar-refractivity contribution is 7.49. The van der Waals surface area contributed by atoms with Gasteiger partial charge < -0.3 is 9.26 Å². The van der Waals surface area contributed by atoms with Crippen molar-refractivity contribution in [1.29, 1.82) is 0 Å². The molecule has 1 heterocycles. The van der Waals surface area contributed by atoms with Crippen LogP contribution in [0.3, 0.4) is 0 Å². The average Bonchev–Trinajstić information content (AvgIpc) is 2.57. The minimum Gasteiger partial charge on any atom is -0.372 e. The molecule has 18 heavy (non-hydrogen) atoms. The second kappa shape index (κ2) is 7.19. The van der Waals surface area contributed by atoms with Crippen molar-refractivity contribution < 1.29 is 9.26 Å². The summed E-state index contributed by atoms with van der Waals surface area (Å²) >= 11 is 0. The third kappa shape index (κ3) is 4.16. The van der Waals surface area contributed by atoms with Gasteiger partial charge in [0, 0.05) is 18.5 Å². The summed E-state index contributed by atoms with van der Waals surface area (Å²) in [6, 6.07) is 1.06. The van der Waals surface area contributed by atoms with Crippen LogP contribution in [-0.2, 0) is 9.26 Å². The van der Waals surface area contributed by atoms with E-state index >= 15 is 0 Å². The zero-order valence-corrected chi connectivity index (χ0v) is 13.9. The maximum Gasteiger partial charge on any atom is 0.102 e. The molecular formula is C14H30NO2P. The van der Waals surface area contributed by atoms with Gasteiger partial charge in [-0.3, -0.25) is 4.67 Å². The van der Waals surface area contributed by atoms with Crippen LogP contribution in [0.1, 0.15) is 54.4 Å². The summed E-state index contributed by atoms with van der Waals surface area (Å²) < 4.78 is 14.7. The smallest absolute Gasteiger partial charge is 0.102 e. The molecule has 3 nitrogen and oxygen atoms in total. The van der Waals surface area contributed by atoms with E-state index in [-0.39, 0.29) is 12.2 Å². The van der Waals surface area contributed by atoms with E-state index < -0.39 is 8.30 Å². The predicted octanol–water partition coefficient (Wildman–Crippen LogP) is 4.02. The van der Waals surface area contributed by atoms with Crippen molar-refractivity contribution in [2.24, 2.45) is 0 Å². The maximum absolute atomic E-state index is 6.34. The van der Waals surface area contributed by atoms with Crippen LogP contribution in [0.5, 0.6) is 0 Å². The highest BCUT2D eigenvalue weighted by atomic mass is 31.2. The van der Waals surface area contributed by atoms with E-state index in [9.17, 15) is 0 Å². The van der Waals surface area contributed by atoms with E-state index in [1.807, 2.05) is 0 Å². The molecule has 0 radical (unpaired) electrons. The van der Waals surface area contributed by atoms with Gasteiger partial charge in [-0.15, -0.1) is 0 Å². The Morgan fingerprint density at radius 1 is 1.28 bits per heavy atom. The first kappa shape index (κ1) is 16.4. The van der Waals surface area contributed by atoms with E-state index in [0.717, 1.165) is 12.8 Å². The molecule has 4 heteroatoms. The molecule has 0 spiro atoms. The van der Waals surface area contributed by atoms with Crippen molar-refractivity contribution in [3.8, 4) is 0 Å². The molecule has 0 aromatic rings. The molecule has 0 N–H and O–H groups in total. The third-order valence-electron chi connectivity index (χ3n) is 3.46. The van der Waals surface area contributed by atoms with Crippen molar-refractivity contribution >= 4 is 8.30 Å². The Morgan fingerprint density at radius 3 is 2.28 bits per heavy atom. The van der Waals surface area contributed by atoms with E-state index in [4.69, 9.17) is 9.26 Å². The monoisotopic (exact) mass is 275 g/mol. The number of rotatable bonds is 6. The number of hydrogen-bond acceptors (Lipinski definition) is 3. The van der Waals surface area contributed by atoms with Crippen LogP contribution >= 0.6 is 8.30 Å². The van der Waals surface area contributed by atoms with Gasteiger partial charge in [0.25, 0.3) is 0 Å². The number of hydrogen-bond donors (Lipinski definition) is 0. The first-order valence-electron chi connectivity index (χ1n) is 7.21. The summed E-state index contributed by atoms with van der Waals surface area (Å²) in [7, 11) is -0.532. The van der Waals surface area contributed by atoms with Crippen molar-refractivity contribution in [2.45, 2.75) is 84.8 Å². The van der Waals surface area contributed by atoms with Gasteiger partial charge in [-0.25, -0.2) is 0 Å². The Hall–Kier alpha value is 0.310. The second-order valence-electron chi connectivity index (χ2n) is 5.80. The molecular weight excluding hydrogens is 245 g/mol. The molecule has 1 fully saturated rings. The fourth-order valence-corrected chi connectivity index (χ4v) is 4.91. The Bertz CT molecular complexity index is 240. The van der Waals surface area contributed by atoms with E-state index in [1.165, 1.54) is 0 Å². The largest absolute Gasteiger partial charge is 0.372 e. The molecule has 0 bridgehead atoms. The van der Waals surface area contributed by atoms with Gasteiger partial charge in [-0.1, -0.05) is 6.92 Å². The lowest BCUT2D eigenvalue weighted by Gasteiger charge is -2.37. The van der Waals surface area contributed by atoms with Gasteiger partial charge in [-0.2, -0.15) is 0 Å². The van der Waals surface area contributed by atoms with Crippen molar-refractivity contribution in [3.63, 3.8) is 0 Å². The topological polar surface area (TPSA) is 21.7 Å². The Morgan fingerprint density at radius 2 is 1.83 bits per heavy atom. The summed E-state index contributed by atoms with van der Waals surface area (Å²) in [5.41, 5.74) is 0. The molecule has 0 aromatic heterocycles. The molecule has 0 amide bonds. The minimum absolute atomic E-state index is 0.279. The molecule has 2 unspecified atom stereocenters. The Kier molecular flexibility index (Phi) is 6.54. The van der Waals surface area contributed by atoms with Crippen LogP contribution in [0.15, 0.2) is 0 Å². The third-order valence-corrected chi connectivity index (χ3v) is 5.61. The normalized spacial score (nSPS) is 30.7. The van der Waals surface area contributed by atoms with Gasteiger partial charge >= 0.3 is 0 Å². The van der Waals surface area contributed by atoms with Crippen LogP contribution in [-0.4, -0.2) is 41.7 Å². The predicted molar refractivity (Wildman–Crippen MR) is 79.1 cm³/mol. The van der Waals surface area contributed by atoms with E-state index in [2.05, 4.69) is 52.9 Å². The van der Waals surface area contributed by atoms with Crippen molar-refractivity contribution in [2.75, 3.05) is 6.66 Å². The van der Waals surface area contributed by atoms with Gasteiger partial charge in [0.1, 0.15) is 8.30 Å². The van der Waals surface area contributed by atoms with Crippen LogP contribution < -0.4 is 0 Å². The molecule has 0 aromatic carbocycles. The average molecular weight is 275 g/mol. The molecule has 0 aliphatic carbocycles. The highest BCUT2D eigenvalue weighted by Gasteiger charge is 2.35. The van der Waals surface area contributed by atoms with Crippen molar-refractivity contribution in [1.82, 2.24) is 4.67 Å². The number of ether oxygens (including phenoxy) is 1. The first-order chi connectivity index (χ1) is 8.36. The molecule has 1 aliphatic heterocycles. The molecule has 1 saturated heterocycles. The minimum atomic E-state index is -0.532. The molecule has 0 saturated carbocycles. The van der Waals surface area contributed by atoms with Crippen LogP contribution in [0, 0.1) is 0 Å². The molecule has 4 atom stereocenters. The van der Waals surface area contributed by atoms with Gasteiger partial charge in [0.05, 0.1) is 18.3 Å².